The van der Waals surface area contributed by atoms with Crippen LogP contribution in [0.4, 0.5) is 0 Å². The number of fused-ring (bicyclic) bond motifs is 3. The van der Waals surface area contributed by atoms with Gasteiger partial charge in [-0.3, -0.25) is 9.69 Å². The predicted octanol–water partition coefficient (Wildman–Crippen LogP) is 5.42. The third-order valence-corrected chi connectivity index (χ3v) is 6.47. The highest BCUT2D eigenvalue weighted by atomic mass is 16.5. The van der Waals surface area contributed by atoms with Crippen LogP contribution in [0.25, 0.3) is 10.9 Å². The summed E-state index contributed by atoms with van der Waals surface area (Å²) in [6, 6.07) is 28.7. The molecule has 3 aromatic carbocycles. The average Bonchev–Trinajstić information content (AvgIpc) is 3.20. The van der Waals surface area contributed by atoms with Crippen LogP contribution in [0.5, 0.6) is 0 Å². The second-order valence-corrected chi connectivity index (χ2v) is 8.15. The molecule has 0 spiro atoms. The van der Waals surface area contributed by atoms with Crippen LogP contribution in [0.3, 0.4) is 0 Å². The van der Waals surface area contributed by atoms with Gasteiger partial charge >= 0.3 is 5.97 Å². The van der Waals surface area contributed by atoms with E-state index >= 15 is 0 Å². The van der Waals surface area contributed by atoms with Crippen molar-refractivity contribution in [1.29, 1.82) is 0 Å². The number of nitrogens with one attached hydrogen (secondary N) is 1. The minimum Gasteiger partial charge on any atom is -0.468 e. The fourth-order valence-electron chi connectivity index (χ4n) is 5.07. The van der Waals surface area contributed by atoms with Gasteiger partial charge in [-0.2, -0.15) is 0 Å². The first-order chi connectivity index (χ1) is 15.2. The van der Waals surface area contributed by atoms with Crippen molar-refractivity contribution in [3.8, 4) is 0 Å². The molecule has 5 rings (SSSR count). The summed E-state index contributed by atoms with van der Waals surface area (Å²) in [4.78, 5) is 19.0. The zero-order valence-electron chi connectivity index (χ0n) is 17.8. The molecule has 1 aromatic heterocycles. The van der Waals surface area contributed by atoms with Gasteiger partial charge in [0.2, 0.25) is 0 Å². The number of aromatic nitrogens is 1. The highest BCUT2D eigenvalue weighted by molar-refractivity contribution is 5.87. The standard InChI is InChI=1S/C27H26N2O2/c1-18-25-22(21-15-9-10-16-23(21)28-25)17-24(27(30)31-2)29(18)26(19-11-5-3-6-12-19)20-13-7-4-8-14-20/h3-16,18,24,26,28H,17H2,1-2H3/t18-,24-/m1/s1. The largest absolute Gasteiger partial charge is 0.468 e. The highest BCUT2D eigenvalue weighted by Gasteiger charge is 2.43. The molecular weight excluding hydrogens is 384 g/mol. The molecule has 2 atom stereocenters. The lowest BCUT2D eigenvalue weighted by Gasteiger charge is -2.44. The molecule has 0 radical (unpaired) electrons. The quantitative estimate of drug-likeness (QED) is 0.457. The van der Waals surface area contributed by atoms with Crippen LogP contribution in [-0.4, -0.2) is 29.0 Å². The first kappa shape index (κ1) is 19.6. The molecule has 4 nitrogen and oxygen atoms in total. The summed E-state index contributed by atoms with van der Waals surface area (Å²) in [6.07, 6.45) is 0.618. The molecule has 1 aliphatic heterocycles. The van der Waals surface area contributed by atoms with E-state index in [1.54, 1.807) is 0 Å². The molecule has 0 aliphatic carbocycles. The topological polar surface area (TPSA) is 45.3 Å². The van der Waals surface area contributed by atoms with E-state index in [-0.39, 0.29) is 24.1 Å². The summed E-state index contributed by atoms with van der Waals surface area (Å²) < 4.78 is 5.30. The van der Waals surface area contributed by atoms with Crippen molar-refractivity contribution < 1.29 is 9.53 Å². The van der Waals surface area contributed by atoms with Gasteiger partial charge in [-0.15, -0.1) is 0 Å². The van der Waals surface area contributed by atoms with Crippen LogP contribution >= 0.6 is 0 Å². The molecule has 4 aromatic rings. The van der Waals surface area contributed by atoms with Gasteiger partial charge in [0.25, 0.3) is 0 Å². The lowest BCUT2D eigenvalue weighted by molar-refractivity contribution is -0.149. The number of benzene rings is 3. The second kappa shape index (κ2) is 8.05. The van der Waals surface area contributed by atoms with Crippen molar-refractivity contribution in [2.75, 3.05) is 7.11 Å². The summed E-state index contributed by atoms with van der Waals surface area (Å²) >= 11 is 0. The summed E-state index contributed by atoms with van der Waals surface area (Å²) in [5, 5.41) is 1.19. The number of nitrogens with zero attached hydrogens (tertiary/aromatic N) is 1. The van der Waals surface area contributed by atoms with E-state index in [0.29, 0.717) is 6.42 Å². The van der Waals surface area contributed by atoms with Gasteiger partial charge in [-0.1, -0.05) is 78.9 Å². The molecule has 0 saturated carbocycles. The van der Waals surface area contributed by atoms with Crippen LogP contribution in [0, 0.1) is 0 Å². The Hall–Kier alpha value is -3.37. The number of rotatable bonds is 4. The highest BCUT2D eigenvalue weighted by Crippen LogP contribution is 2.44. The summed E-state index contributed by atoms with van der Waals surface area (Å²) in [5.41, 5.74) is 5.83. The number of H-pyrrole nitrogens is 1. The maximum Gasteiger partial charge on any atom is 0.323 e. The van der Waals surface area contributed by atoms with E-state index < -0.39 is 0 Å². The third kappa shape index (κ3) is 3.33. The fraction of sp³-hybridized carbons (Fsp3) is 0.222. The lowest BCUT2D eigenvalue weighted by Crippen LogP contribution is -2.49. The zero-order chi connectivity index (χ0) is 21.4. The molecule has 156 valence electrons. The molecule has 4 heteroatoms. The van der Waals surface area contributed by atoms with E-state index in [2.05, 4.69) is 83.5 Å². The van der Waals surface area contributed by atoms with Crippen molar-refractivity contribution >= 4 is 16.9 Å². The molecule has 0 saturated heterocycles. The monoisotopic (exact) mass is 410 g/mol. The molecule has 1 N–H and O–H groups in total. The Balaban J connectivity index is 1.71. The van der Waals surface area contributed by atoms with E-state index in [4.69, 9.17) is 4.74 Å². The molecule has 0 bridgehead atoms. The van der Waals surface area contributed by atoms with Crippen molar-refractivity contribution in [2.24, 2.45) is 0 Å². The molecule has 0 fully saturated rings. The number of hydrogen-bond acceptors (Lipinski definition) is 3. The van der Waals surface area contributed by atoms with Gasteiger partial charge in [-0.25, -0.2) is 0 Å². The molecule has 31 heavy (non-hydrogen) atoms. The number of hydrogen-bond donors (Lipinski definition) is 1. The minimum absolute atomic E-state index is 0.00524. The van der Waals surface area contributed by atoms with Crippen LogP contribution in [-0.2, 0) is 16.0 Å². The Bertz CT molecular complexity index is 1160. The maximum absolute atomic E-state index is 13.1. The van der Waals surface area contributed by atoms with Crippen LogP contribution in [0.2, 0.25) is 0 Å². The Morgan fingerprint density at radius 3 is 2.13 bits per heavy atom. The summed E-state index contributed by atoms with van der Waals surface area (Å²) in [7, 11) is 1.48. The average molecular weight is 411 g/mol. The van der Waals surface area contributed by atoms with Gasteiger partial charge in [0.05, 0.1) is 13.2 Å². The Kier molecular flexibility index (Phi) is 5.08. The van der Waals surface area contributed by atoms with Gasteiger partial charge in [0.1, 0.15) is 6.04 Å². The number of carbonyl (C=O) groups is 1. The smallest absolute Gasteiger partial charge is 0.323 e. The molecular formula is C27H26N2O2. The van der Waals surface area contributed by atoms with E-state index in [0.717, 1.165) is 16.6 Å². The van der Waals surface area contributed by atoms with Crippen LogP contribution < -0.4 is 0 Å². The van der Waals surface area contributed by atoms with Gasteiger partial charge in [0.15, 0.2) is 0 Å². The van der Waals surface area contributed by atoms with Crippen molar-refractivity contribution in [3.05, 3.63) is 107 Å². The Morgan fingerprint density at radius 2 is 1.52 bits per heavy atom. The Morgan fingerprint density at radius 1 is 0.935 bits per heavy atom. The van der Waals surface area contributed by atoms with Gasteiger partial charge in [-0.05, 0) is 29.7 Å². The van der Waals surface area contributed by atoms with Crippen LogP contribution in [0.15, 0.2) is 84.9 Å². The molecule has 0 amide bonds. The van der Waals surface area contributed by atoms with E-state index in [1.165, 1.54) is 23.8 Å². The number of aromatic amines is 1. The SMILES string of the molecule is COC(=O)[C@H]1Cc2c([nH]c3ccccc23)[C@@H](C)N1C(c1ccccc1)c1ccccc1. The minimum atomic E-state index is -0.378. The third-order valence-electron chi connectivity index (χ3n) is 6.47. The Labute approximate surface area is 182 Å². The lowest BCUT2D eigenvalue weighted by atomic mass is 9.87. The van der Waals surface area contributed by atoms with Crippen molar-refractivity contribution in [2.45, 2.75) is 31.5 Å². The molecule has 2 heterocycles. The van der Waals surface area contributed by atoms with Gasteiger partial charge in [0, 0.05) is 29.1 Å². The molecule has 1 aliphatic rings. The first-order valence-electron chi connectivity index (χ1n) is 10.7. The number of para-hydroxylation sites is 1. The van der Waals surface area contributed by atoms with E-state index in [9.17, 15) is 4.79 Å². The number of methoxy groups -OCH3 is 1. The van der Waals surface area contributed by atoms with E-state index in [1.807, 2.05) is 18.2 Å². The maximum atomic E-state index is 13.1. The first-order valence-corrected chi connectivity index (χ1v) is 10.7. The fourth-order valence-corrected chi connectivity index (χ4v) is 5.07. The summed E-state index contributed by atoms with van der Waals surface area (Å²) in [6.45, 7) is 2.18. The number of ether oxygens (including phenoxy) is 1. The molecule has 0 unspecified atom stereocenters. The summed E-state index contributed by atoms with van der Waals surface area (Å²) in [5.74, 6) is -0.195. The van der Waals surface area contributed by atoms with Crippen molar-refractivity contribution in [3.63, 3.8) is 0 Å². The van der Waals surface area contributed by atoms with Gasteiger partial charge < -0.3 is 9.72 Å². The zero-order valence-corrected chi connectivity index (χ0v) is 17.8. The second-order valence-electron chi connectivity index (χ2n) is 8.15. The predicted molar refractivity (Wildman–Crippen MR) is 123 cm³/mol. The number of carbonyl (C=O) groups excluding carboxylic acids is 1. The normalized spacial score (nSPS) is 18.8. The van der Waals surface area contributed by atoms with Crippen LogP contribution in [0.1, 0.15) is 41.4 Å². The van der Waals surface area contributed by atoms with Crippen molar-refractivity contribution in [1.82, 2.24) is 9.88 Å². The number of esters is 1.